The topological polar surface area (TPSA) is 91.0 Å². The molecule has 0 atom stereocenters. The third kappa shape index (κ3) is 3.44. The minimum Gasteiger partial charge on any atom is -0.422 e. The van der Waals surface area contributed by atoms with Crippen molar-refractivity contribution in [3.05, 3.63) is 70.6 Å². The zero-order chi connectivity index (χ0) is 19.7. The van der Waals surface area contributed by atoms with Crippen molar-refractivity contribution in [2.45, 2.75) is 18.4 Å². The number of carbonyl (C=O) groups excluding carboxylic acids is 1. The Balaban J connectivity index is 1.63. The lowest BCUT2D eigenvalue weighted by Crippen LogP contribution is -2.48. The molecule has 1 aromatic heterocycles. The number of nitrogens with zero attached hydrogens (tertiary/aromatic N) is 1. The Morgan fingerprint density at radius 3 is 2.57 bits per heavy atom. The van der Waals surface area contributed by atoms with Gasteiger partial charge in [0, 0.05) is 24.0 Å². The van der Waals surface area contributed by atoms with Gasteiger partial charge in [-0.1, -0.05) is 30.3 Å². The summed E-state index contributed by atoms with van der Waals surface area (Å²) in [6.07, 6.45) is 0.673. The summed E-state index contributed by atoms with van der Waals surface area (Å²) < 4.78 is 5.40. The van der Waals surface area contributed by atoms with E-state index in [1.807, 2.05) is 12.1 Å². The molecule has 4 rings (SSSR count). The van der Waals surface area contributed by atoms with Crippen LogP contribution in [-0.2, 0) is 0 Å². The zero-order valence-electron chi connectivity index (χ0n) is 15.3. The van der Waals surface area contributed by atoms with Crippen LogP contribution in [0.5, 0.6) is 0 Å². The summed E-state index contributed by atoms with van der Waals surface area (Å²) in [6, 6.07) is 16.0. The van der Waals surface area contributed by atoms with Gasteiger partial charge in [0.05, 0.1) is 17.8 Å². The van der Waals surface area contributed by atoms with Crippen molar-refractivity contribution in [3.63, 3.8) is 0 Å². The monoisotopic (exact) mass is 379 g/mol. The van der Waals surface area contributed by atoms with Crippen LogP contribution in [-0.4, -0.2) is 46.3 Å². The Morgan fingerprint density at radius 1 is 1.07 bits per heavy atom. The van der Waals surface area contributed by atoms with E-state index in [1.54, 1.807) is 47.4 Å². The highest BCUT2D eigenvalue weighted by atomic mass is 16.4. The molecule has 6 heteroatoms. The minimum atomic E-state index is -1.11. The van der Waals surface area contributed by atoms with Gasteiger partial charge in [0.15, 0.2) is 0 Å². The van der Waals surface area contributed by atoms with E-state index >= 15 is 0 Å². The molecule has 2 N–H and O–H groups in total. The highest BCUT2D eigenvalue weighted by molar-refractivity contribution is 5.95. The summed E-state index contributed by atoms with van der Waals surface area (Å²) in [5.41, 5.74) is 0.459. The van der Waals surface area contributed by atoms with Crippen molar-refractivity contribution in [2.75, 3.05) is 19.7 Å². The molecule has 0 spiro atoms. The van der Waals surface area contributed by atoms with Gasteiger partial charge in [0.1, 0.15) is 5.58 Å². The van der Waals surface area contributed by atoms with Crippen molar-refractivity contribution < 1.29 is 19.4 Å². The number of benzene rings is 2. The van der Waals surface area contributed by atoms with Crippen LogP contribution in [0.2, 0.25) is 0 Å². The van der Waals surface area contributed by atoms with Crippen LogP contribution in [0.15, 0.2) is 63.8 Å². The molecule has 2 aromatic carbocycles. The van der Waals surface area contributed by atoms with Crippen LogP contribution >= 0.6 is 0 Å². The largest absolute Gasteiger partial charge is 0.422 e. The van der Waals surface area contributed by atoms with Crippen LogP contribution in [0.1, 0.15) is 23.2 Å². The van der Waals surface area contributed by atoms with Crippen molar-refractivity contribution in [2.24, 2.45) is 0 Å². The number of hydrogen-bond acceptors (Lipinski definition) is 5. The number of para-hydroxylation sites is 1. The maximum atomic E-state index is 12.9. The van der Waals surface area contributed by atoms with Crippen LogP contribution < -0.4 is 5.63 Å². The number of hydrogen-bond donors (Lipinski definition) is 2. The molecule has 0 unspecified atom stereocenters. The molecular formula is C22H21NO5. The van der Waals surface area contributed by atoms with E-state index in [-0.39, 0.29) is 12.5 Å². The second-order valence-corrected chi connectivity index (χ2v) is 7.24. The Hall–Kier alpha value is -2.96. The third-order valence-electron chi connectivity index (χ3n) is 5.34. The highest BCUT2D eigenvalue weighted by Gasteiger charge is 2.33. The van der Waals surface area contributed by atoms with E-state index in [2.05, 4.69) is 0 Å². The second-order valence-electron chi connectivity index (χ2n) is 7.24. The molecule has 28 heavy (non-hydrogen) atoms. The standard InChI is InChI=1S/C22H21NO5/c24-14-22(27)8-10-23(11-9-22)20(25)17-6-3-5-15(12-17)18-13-16-4-1-2-7-19(16)28-21(18)26/h1-7,12-13,24,27H,8-11,14H2. The van der Waals surface area contributed by atoms with E-state index < -0.39 is 11.2 Å². The summed E-state index contributed by atoms with van der Waals surface area (Å²) in [5.74, 6) is -0.160. The highest BCUT2D eigenvalue weighted by Crippen LogP contribution is 2.25. The number of fused-ring (bicyclic) bond motifs is 1. The number of aliphatic hydroxyl groups excluding tert-OH is 1. The number of carbonyl (C=O) groups is 1. The van der Waals surface area contributed by atoms with E-state index in [1.165, 1.54) is 0 Å². The number of amides is 1. The fraction of sp³-hybridized carbons (Fsp3) is 0.273. The van der Waals surface area contributed by atoms with Crippen LogP contribution in [0.3, 0.4) is 0 Å². The SMILES string of the molecule is O=C(c1cccc(-c2cc3ccccc3oc2=O)c1)N1CCC(O)(CO)CC1. The first-order valence-corrected chi connectivity index (χ1v) is 9.25. The number of piperidine rings is 1. The molecule has 1 fully saturated rings. The Bertz CT molecular complexity index is 1080. The molecule has 1 saturated heterocycles. The molecule has 144 valence electrons. The van der Waals surface area contributed by atoms with Gasteiger partial charge in [-0.05, 0) is 42.7 Å². The van der Waals surface area contributed by atoms with E-state index in [9.17, 15) is 19.8 Å². The first kappa shape index (κ1) is 18.4. The Kier molecular flexibility index (Phi) is 4.75. The summed E-state index contributed by atoms with van der Waals surface area (Å²) in [6.45, 7) is 0.443. The average Bonchev–Trinajstić information content (AvgIpc) is 2.73. The van der Waals surface area contributed by atoms with Gasteiger partial charge >= 0.3 is 5.63 Å². The predicted molar refractivity (Wildman–Crippen MR) is 105 cm³/mol. The fourth-order valence-electron chi connectivity index (χ4n) is 3.55. The molecule has 0 saturated carbocycles. The van der Waals surface area contributed by atoms with E-state index in [0.29, 0.717) is 48.2 Å². The molecule has 1 aliphatic heterocycles. The lowest BCUT2D eigenvalue weighted by Gasteiger charge is -2.37. The number of rotatable bonds is 3. The molecule has 3 aromatic rings. The normalized spacial score (nSPS) is 16.3. The zero-order valence-corrected chi connectivity index (χ0v) is 15.3. The Labute approximate surface area is 161 Å². The van der Waals surface area contributed by atoms with Crippen LogP contribution in [0, 0.1) is 0 Å². The molecular weight excluding hydrogens is 358 g/mol. The van der Waals surface area contributed by atoms with Gasteiger partial charge in [-0.25, -0.2) is 4.79 Å². The average molecular weight is 379 g/mol. The van der Waals surface area contributed by atoms with Crippen molar-refractivity contribution in [3.8, 4) is 11.1 Å². The molecule has 1 amide bonds. The first-order valence-electron chi connectivity index (χ1n) is 9.25. The molecule has 0 aliphatic carbocycles. The molecule has 2 heterocycles. The summed E-state index contributed by atoms with van der Waals surface area (Å²) in [7, 11) is 0. The van der Waals surface area contributed by atoms with Gasteiger partial charge in [-0.15, -0.1) is 0 Å². The quantitative estimate of drug-likeness (QED) is 0.682. The van der Waals surface area contributed by atoms with Gasteiger partial charge in [0.2, 0.25) is 0 Å². The van der Waals surface area contributed by atoms with Crippen molar-refractivity contribution >= 4 is 16.9 Å². The van der Waals surface area contributed by atoms with Gasteiger partial charge in [-0.3, -0.25) is 4.79 Å². The van der Waals surface area contributed by atoms with E-state index in [4.69, 9.17) is 4.42 Å². The molecule has 6 nitrogen and oxygen atoms in total. The summed E-state index contributed by atoms with van der Waals surface area (Å²) >= 11 is 0. The second kappa shape index (κ2) is 7.22. The summed E-state index contributed by atoms with van der Waals surface area (Å²) in [4.78, 5) is 26.9. The fourth-order valence-corrected chi connectivity index (χ4v) is 3.55. The molecule has 1 aliphatic rings. The first-order chi connectivity index (χ1) is 13.5. The van der Waals surface area contributed by atoms with Crippen molar-refractivity contribution in [1.82, 2.24) is 4.90 Å². The van der Waals surface area contributed by atoms with Gasteiger partial charge in [0.25, 0.3) is 5.91 Å². The van der Waals surface area contributed by atoms with Crippen molar-refractivity contribution in [1.29, 1.82) is 0 Å². The lowest BCUT2D eigenvalue weighted by atomic mass is 9.92. The smallest absolute Gasteiger partial charge is 0.344 e. The lowest BCUT2D eigenvalue weighted by molar-refractivity contribution is -0.0546. The number of aliphatic hydroxyl groups is 2. The Morgan fingerprint density at radius 2 is 1.82 bits per heavy atom. The van der Waals surface area contributed by atoms with Crippen LogP contribution in [0.25, 0.3) is 22.1 Å². The maximum absolute atomic E-state index is 12.9. The van der Waals surface area contributed by atoms with E-state index in [0.717, 1.165) is 5.39 Å². The van der Waals surface area contributed by atoms with Gasteiger partial charge < -0.3 is 19.5 Å². The predicted octanol–water partition coefficient (Wildman–Crippen LogP) is 2.42. The minimum absolute atomic E-state index is 0.160. The molecule has 0 bridgehead atoms. The van der Waals surface area contributed by atoms with Gasteiger partial charge in [-0.2, -0.15) is 0 Å². The summed E-state index contributed by atoms with van der Waals surface area (Å²) in [5, 5.41) is 20.2. The van der Waals surface area contributed by atoms with Crippen LogP contribution in [0.4, 0.5) is 0 Å². The number of likely N-dealkylation sites (tertiary alicyclic amines) is 1. The molecule has 0 radical (unpaired) electrons. The third-order valence-corrected chi connectivity index (χ3v) is 5.34. The maximum Gasteiger partial charge on any atom is 0.344 e.